The van der Waals surface area contributed by atoms with Crippen molar-refractivity contribution in [2.24, 2.45) is 0 Å². The van der Waals surface area contributed by atoms with Gasteiger partial charge in [0.15, 0.2) is 9.84 Å². The van der Waals surface area contributed by atoms with Crippen LogP contribution in [-0.2, 0) is 9.84 Å². The van der Waals surface area contributed by atoms with Gasteiger partial charge in [-0.25, -0.2) is 8.42 Å². The lowest BCUT2D eigenvalue weighted by Crippen LogP contribution is -2.33. The molecule has 2 atom stereocenters. The average molecular weight is 350 g/mol. The molecule has 19 heavy (non-hydrogen) atoms. The molecule has 0 fully saturated rings. The Labute approximate surface area is 123 Å². The summed E-state index contributed by atoms with van der Waals surface area (Å²) in [5.41, 5.74) is 0.906. The molecule has 2 unspecified atom stereocenters. The van der Waals surface area contributed by atoms with Gasteiger partial charge in [0.05, 0.1) is 11.9 Å². The van der Waals surface area contributed by atoms with Gasteiger partial charge >= 0.3 is 0 Å². The minimum Gasteiger partial charge on any atom is -0.494 e. The highest BCUT2D eigenvalue weighted by Gasteiger charge is 2.27. The maximum Gasteiger partial charge on any atom is 0.151 e. The Balaban J connectivity index is 3.12. The molecule has 0 spiro atoms. The van der Waals surface area contributed by atoms with Gasteiger partial charge in [-0.05, 0) is 38.6 Å². The molecule has 0 radical (unpaired) electrons. The fourth-order valence-electron chi connectivity index (χ4n) is 1.91. The van der Waals surface area contributed by atoms with Crippen molar-refractivity contribution in [3.8, 4) is 5.75 Å². The van der Waals surface area contributed by atoms with E-state index in [2.05, 4.69) is 21.2 Å². The standard InChI is InChI=1S/C13H20BrNO3S/c1-5-18-10-6-7-11(12(14)8-10)13(15-3)9(2)19(4,16)17/h6-9,13,15H,5H2,1-4H3. The van der Waals surface area contributed by atoms with Crippen molar-refractivity contribution in [1.29, 1.82) is 0 Å². The molecule has 0 saturated heterocycles. The van der Waals surface area contributed by atoms with E-state index >= 15 is 0 Å². The molecular weight excluding hydrogens is 330 g/mol. The monoisotopic (exact) mass is 349 g/mol. The Morgan fingerprint density at radius 1 is 1.42 bits per heavy atom. The quantitative estimate of drug-likeness (QED) is 0.857. The van der Waals surface area contributed by atoms with Crippen LogP contribution in [0.2, 0.25) is 0 Å². The van der Waals surface area contributed by atoms with Crippen LogP contribution in [0.25, 0.3) is 0 Å². The molecular formula is C13H20BrNO3S. The molecule has 108 valence electrons. The molecule has 0 aliphatic heterocycles. The number of benzene rings is 1. The second-order valence-electron chi connectivity index (χ2n) is 4.42. The van der Waals surface area contributed by atoms with Crippen LogP contribution >= 0.6 is 15.9 Å². The molecule has 1 aromatic rings. The summed E-state index contributed by atoms with van der Waals surface area (Å²) >= 11 is 3.48. The average Bonchev–Trinajstić information content (AvgIpc) is 2.31. The number of ether oxygens (including phenoxy) is 1. The van der Waals surface area contributed by atoms with E-state index in [9.17, 15) is 8.42 Å². The van der Waals surface area contributed by atoms with E-state index in [4.69, 9.17) is 4.74 Å². The van der Waals surface area contributed by atoms with Gasteiger partial charge in [0.2, 0.25) is 0 Å². The van der Waals surface area contributed by atoms with Crippen LogP contribution in [0.4, 0.5) is 0 Å². The Kier molecular flexibility index (Phi) is 5.82. The van der Waals surface area contributed by atoms with Crippen molar-refractivity contribution in [3.05, 3.63) is 28.2 Å². The van der Waals surface area contributed by atoms with Gasteiger partial charge < -0.3 is 10.1 Å². The molecule has 1 rings (SSSR count). The van der Waals surface area contributed by atoms with E-state index in [-0.39, 0.29) is 6.04 Å². The SMILES string of the molecule is CCOc1ccc(C(NC)C(C)S(C)(=O)=O)c(Br)c1. The third-order valence-electron chi connectivity index (χ3n) is 3.07. The Bertz CT molecular complexity index is 531. The second-order valence-corrected chi connectivity index (χ2v) is 7.67. The van der Waals surface area contributed by atoms with Gasteiger partial charge in [0.25, 0.3) is 0 Å². The highest BCUT2D eigenvalue weighted by atomic mass is 79.9. The molecule has 1 aromatic carbocycles. The van der Waals surface area contributed by atoms with Crippen molar-refractivity contribution in [3.63, 3.8) is 0 Å². The van der Waals surface area contributed by atoms with Crippen LogP contribution in [-0.4, -0.2) is 33.6 Å². The zero-order chi connectivity index (χ0) is 14.6. The summed E-state index contributed by atoms with van der Waals surface area (Å²) in [6, 6.07) is 5.33. The first-order chi connectivity index (χ1) is 8.81. The van der Waals surface area contributed by atoms with Gasteiger partial charge in [-0.2, -0.15) is 0 Å². The van der Waals surface area contributed by atoms with Gasteiger partial charge in [-0.1, -0.05) is 22.0 Å². The lowest BCUT2D eigenvalue weighted by atomic mass is 10.0. The number of halogens is 1. The fraction of sp³-hybridized carbons (Fsp3) is 0.538. The summed E-state index contributed by atoms with van der Waals surface area (Å²) in [6.07, 6.45) is 1.25. The minimum absolute atomic E-state index is 0.264. The van der Waals surface area contributed by atoms with Crippen LogP contribution < -0.4 is 10.1 Å². The number of hydrogen-bond acceptors (Lipinski definition) is 4. The number of sulfone groups is 1. The molecule has 0 bridgehead atoms. The van der Waals surface area contributed by atoms with E-state index in [1.165, 1.54) is 6.26 Å². The highest BCUT2D eigenvalue weighted by molar-refractivity contribution is 9.10. The predicted octanol–water partition coefficient (Wildman–Crippen LogP) is 2.54. The lowest BCUT2D eigenvalue weighted by molar-refractivity contribution is 0.340. The van der Waals surface area contributed by atoms with E-state index < -0.39 is 15.1 Å². The third-order valence-corrected chi connectivity index (χ3v) is 5.38. The first-order valence-electron chi connectivity index (χ1n) is 6.09. The van der Waals surface area contributed by atoms with E-state index in [0.717, 1.165) is 15.8 Å². The van der Waals surface area contributed by atoms with E-state index in [0.29, 0.717) is 6.61 Å². The summed E-state index contributed by atoms with van der Waals surface area (Å²) in [5.74, 6) is 0.764. The molecule has 0 saturated carbocycles. The van der Waals surface area contributed by atoms with Gasteiger partial charge in [0.1, 0.15) is 5.75 Å². The van der Waals surface area contributed by atoms with E-state index in [1.807, 2.05) is 25.1 Å². The van der Waals surface area contributed by atoms with E-state index in [1.54, 1.807) is 14.0 Å². The van der Waals surface area contributed by atoms with Crippen LogP contribution in [0.1, 0.15) is 25.5 Å². The summed E-state index contributed by atoms with van der Waals surface area (Å²) in [4.78, 5) is 0. The summed E-state index contributed by atoms with van der Waals surface area (Å²) in [7, 11) is -1.35. The maximum absolute atomic E-state index is 11.7. The van der Waals surface area contributed by atoms with Crippen LogP contribution in [0.15, 0.2) is 22.7 Å². The zero-order valence-electron chi connectivity index (χ0n) is 11.6. The smallest absolute Gasteiger partial charge is 0.151 e. The topological polar surface area (TPSA) is 55.4 Å². The van der Waals surface area contributed by atoms with Gasteiger partial charge in [0, 0.05) is 16.8 Å². The van der Waals surface area contributed by atoms with Crippen LogP contribution in [0, 0.1) is 0 Å². The van der Waals surface area contributed by atoms with Crippen molar-refractivity contribution in [1.82, 2.24) is 5.32 Å². The maximum atomic E-state index is 11.7. The molecule has 6 heteroatoms. The summed E-state index contributed by atoms with van der Waals surface area (Å²) in [5, 5.41) is 2.56. The molecule has 0 aliphatic carbocycles. The Morgan fingerprint density at radius 3 is 2.47 bits per heavy atom. The number of rotatable bonds is 6. The lowest BCUT2D eigenvalue weighted by Gasteiger charge is -2.24. The van der Waals surface area contributed by atoms with Crippen LogP contribution in [0.3, 0.4) is 0 Å². The van der Waals surface area contributed by atoms with Crippen molar-refractivity contribution in [2.75, 3.05) is 19.9 Å². The Hall–Kier alpha value is -0.590. The normalized spacial score (nSPS) is 15.0. The van der Waals surface area contributed by atoms with Gasteiger partial charge in [-0.3, -0.25) is 0 Å². The van der Waals surface area contributed by atoms with Crippen molar-refractivity contribution in [2.45, 2.75) is 25.1 Å². The first-order valence-corrected chi connectivity index (χ1v) is 8.84. The zero-order valence-corrected chi connectivity index (χ0v) is 14.0. The largest absolute Gasteiger partial charge is 0.494 e. The fourth-order valence-corrected chi connectivity index (χ4v) is 3.29. The molecule has 1 N–H and O–H groups in total. The molecule has 4 nitrogen and oxygen atoms in total. The summed E-state index contributed by atoms with van der Waals surface area (Å²) < 4.78 is 29.7. The molecule has 0 amide bonds. The third kappa shape index (κ3) is 4.19. The highest BCUT2D eigenvalue weighted by Crippen LogP contribution is 2.31. The first kappa shape index (κ1) is 16.5. The molecule has 0 heterocycles. The summed E-state index contributed by atoms with van der Waals surface area (Å²) in [6.45, 7) is 4.23. The van der Waals surface area contributed by atoms with Crippen LogP contribution in [0.5, 0.6) is 5.75 Å². The van der Waals surface area contributed by atoms with Gasteiger partial charge in [-0.15, -0.1) is 0 Å². The number of nitrogens with one attached hydrogen (secondary N) is 1. The number of hydrogen-bond donors (Lipinski definition) is 1. The van der Waals surface area contributed by atoms with Crippen molar-refractivity contribution >= 4 is 25.8 Å². The Morgan fingerprint density at radius 2 is 2.05 bits per heavy atom. The second kappa shape index (κ2) is 6.72. The predicted molar refractivity (Wildman–Crippen MR) is 81.4 cm³/mol. The molecule has 0 aliphatic rings. The minimum atomic E-state index is -3.11. The van der Waals surface area contributed by atoms with Crippen molar-refractivity contribution < 1.29 is 13.2 Å². The molecule has 0 aromatic heterocycles.